The molecule has 10 heavy (non-hydrogen) atoms. The quantitative estimate of drug-likeness (QED) is 0.515. The molecule has 1 heterocycles. The molecule has 1 saturated carbocycles. The Labute approximate surface area is 60.2 Å². The van der Waals surface area contributed by atoms with Crippen LogP contribution < -0.4 is 10.6 Å². The summed E-state index contributed by atoms with van der Waals surface area (Å²) in [7, 11) is 0. The molecule has 1 saturated heterocycles. The first-order valence-electron chi connectivity index (χ1n) is 3.89. The molecule has 1 aliphatic heterocycles. The lowest BCUT2D eigenvalue weighted by molar-refractivity contribution is -0.124. The number of hydrogen-bond donors (Lipinski definition) is 2. The highest BCUT2D eigenvalue weighted by Gasteiger charge is 2.36. The first-order valence-corrected chi connectivity index (χ1v) is 3.89. The summed E-state index contributed by atoms with van der Waals surface area (Å²) in [4.78, 5) is 11.1. The molecule has 2 aliphatic rings. The normalized spacial score (nSPS) is 33.6. The van der Waals surface area contributed by atoms with Crippen molar-refractivity contribution in [1.82, 2.24) is 10.6 Å². The molecule has 0 aromatic rings. The highest BCUT2D eigenvalue weighted by molar-refractivity contribution is 5.83. The number of rotatable bonds is 1. The van der Waals surface area contributed by atoms with Crippen LogP contribution in [0.3, 0.4) is 0 Å². The molecule has 2 N–H and O–H groups in total. The maximum atomic E-state index is 11.1. The van der Waals surface area contributed by atoms with Crippen LogP contribution in [-0.4, -0.2) is 25.0 Å². The van der Waals surface area contributed by atoms with E-state index in [1.807, 2.05) is 0 Å². The third kappa shape index (κ3) is 1.01. The molecule has 0 aromatic heterocycles. The largest absolute Gasteiger partial charge is 0.353 e. The Morgan fingerprint density at radius 3 is 2.70 bits per heavy atom. The third-order valence-electron chi connectivity index (χ3n) is 2.16. The van der Waals surface area contributed by atoms with Crippen molar-refractivity contribution in [3.05, 3.63) is 0 Å². The summed E-state index contributed by atoms with van der Waals surface area (Å²) in [6.45, 7) is 1.73. The average Bonchev–Trinajstić information content (AvgIpc) is 2.71. The molecule has 0 bridgehead atoms. The van der Waals surface area contributed by atoms with E-state index in [0.29, 0.717) is 5.92 Å². The second kappa shape index (κ2) is 2.23. The van der Waals surface area contributed by atoms with Gasteiger partial charge in [0.25, 0.3) is 0 Å². The summed E-state index contributed by atoms with van der Waals surface area (Å²) in [5, 5.41) is 6.07. The van der Waals surface area contributed by atoms with Gasteiger partial charge in [0, 0.05) is 13.1 Å². The van der Waals surface area contributed by atoms with Gasteiger partial charge in [0.1, 0.15) is 0 Å². The van der Waals surface area contributed by atoms with Gasteiger partial charge in [-0.3, -0.25) is 4.79 Å². The van der Waals surface area contributed by atoms with Crippen molar-refractivity contribution in [3.63, 3.8) is 0 Å². The lowest BCUT2D eigenvalue weighted by Gasteiger charge is -2.22. The molecule has 56 valence electrons. The van der Waals surface area contributed by atoms with E-state index in [9.17, 15) is 4.79 Å². The SMILES string of the molecule is O=C1NCCNC1C1CC1. The second-order valence-corrected chi connectivity index (χ2v) is 3.06. The summed E-state index contributed by atoms with van der Waals surface area (Å²) >= 11 is 0. The lowest BCUT2D eigenvalue weighted by atomic mass is 10.1. The van der Waals surface area contributed by atoms with Gasteiger partial charge in [0.15, 0.2) is 0 Å². The molecular formula is C7H12N2O. The molecule has 3 nitrogen and oxygen atoms in total. The summed E-state index contributed by atoms with van der Waals surface area (Å²) in [6, 6.07) is 0.133. The van der Waals surface area contributed by atoms with E-state index in [2.05, 4.69) is 10.6 Å². The standard InChI is InChI=1S/C7H12N2O/c10-7-6(5-1-2-5)8-3-4-9-7/h5-6,8H,1-4H2,(H,9,10). The fourth-order valence-electron chi connectivity index (χ4n) is 1.43. The lowest BCUT2D eigenvalue weighted by Crippen LogP contribution is -2.53. The fourth-order valence-corrected chi connectivity index (χ4v) is 1.43. The Balaban J connectivity index is 1.96. The number of hydrogen-bond acceptors (Lipinski definition) is 2. The van der Waals surface area contributed by atoms with Crippen LogP contribution in [0.15, 0.2) is 0 Å². The van der Waals surface area contributed by atoms with Crippen LogP contribution >= 0.6 is 0 Å². The smallest absolute Gasteiger partial charge is 0.237 e. The van der Waals surface area contributed by atoms with Crippen molar-refractivity contribution in [2.24, 2.45) is 5.92 Å². The summed E-state index contributed by atoms with van der Waals surface area (Å²) in [5.41, 5.74) is 0. The summed E-state index contributed by atoms with van der Waals surface area (Å²) in [5.74, 6) is 0.842. The maximum Gasteiger partial charge on any atom is 0.237 e. The Kier molecular flexibility index (Phi) is 1.38. The van der Waals surface area contributed by atoms with Gasteiger partial charge in [-0.2, -0.15) is 0 Å². The van der Waals surface area contributed by atoms with Crippen LogP contribution in [-0.2, 0) is 4.79 Å². The van der Waals surface area contributed by atoms with Gasteiger partial charge < -0.3 is 10.6 Å². The van der Waals surface area contributed by atoms with Gasteiger partial charge in [-0.25, -0.2) is 0 Å². The van der Waals surface area contributed by atoms with Crippen molar-refractivity contribution >= 4 is 5.91 Å². The molecule has 2 rings (SSSR count). The zero-order valence-corrected chi connectivity index (χ0v) is 5.89. The Morgan fingerprint density at radius 2 is 2.10 bits per heavy atom. The van der Waals surface area contributed by atoms with Crippen molar-refractivity contribution in [1.29, 1.82) is 0 Å². The minimum atomic E-state index is 0.133. The van der Waals surface area contributed by atoms with Crippen LogP contribution in [0.4, 0.5) is 0 Å². The minimum absolute atomic E-state index is 0.133. The minimum Gasteiger partial charge on any atom is -0.353 e. The number of amides is 1. The first kappa shape index (κ1) is 6.16. The van der Waals surface area contributed by atoms with Gasteiger partial charge in [0.05, 0.1) is 6.04 Å². The second-order valence-electron chi connectivity index (χ2n) is 3.06. The molecule has 1 aliphatic carbocycles. The number of carbonyl (C=O) groups is 1. The molecule has 0 radical (unpaired) electrons. The number of carbonyl (C=O) groups excluding carboxylic acids is 1. The monoisotopic (exact) mass is 140 g/mol. The highest BCUT2D eigenvalue weighted by atomic mass is 16.2. The van der Waals surface area contributed by atoms with E-state index in [-0.39, 0.29) is 11.9 Å². The molecule has 1 amide bonds. The molecule has 3 heteroatoms. The zero-order valence-electron chi connectivity index (χ0n) is 5.89. The van der Waals surface area contributed by atoms with E-state index in [1.165, 1.54) is 12.8 Å². The summed E-state index contributed by atoms with van der Waals surface area (Å²) in [6.07, 6.45) is 2.45. The number of nitrogens with one attached hydrogen (secondary N) is 2. The van der Waals surface area contributed by atoms with Gasteiger partial charge >= 0.3 is 0 Å². The Morgan fingerprint density at radius 1 is 1.30 bits per heavy atom. The van der Waals surface area contributed by atoms with Crippen LogP contribution in [0.25, 0.3) is 0 Å². The Hall–Kier alpha value is -0.570. The molecule has 1 unspecified atom stereocenters. The van der Waals surface area contributed by atoms with E-state index < -0.39 is 0 Å². The molecule has 1 atom stereocenters. The molecule has 0 aromatic carbocycles. The maximum absolute atomic E-state index is 11.1. The molecule has 0 spiro atoms. The fraction of sp³-hybridized carbons (Fsp3) is 0.857. The molecule has 2 fully saturated rings. The zero-order chi connectivity index (χ0) is 6.97. The van der Waals surface area contributed by atoms with Gasteiger partial charge in [-0.1, -0.05) is 0 Å². The van der Waals surface area contributed by atoms with Gasteiger partial charge in [-0.15, -0.1) is 0 Å². The molecular weight excluding hydrogens is 128 g/mol. The van der Waals surface area contributed by atoms with Crippen LogP contribution in [0.2, 0.25) is 0 Å². The van der Waals surface area contributed by atoms with Crippen molar-refractivity contribution in [2.45, 2.75) is 18.9 Å². The first-order chi connectivity index (χ1) is 4.88. The topological polar surface area (TPSA) is 41.1 Å². The van der Waals surface area contributed by atoms with E-state index in [1.54, 1.807) is 0 Å². The van der Waals surface area contributed by atoms with Gasteiger partial charge in [-0.05, 0) is 18.8 Å². The number of piperazine rings is 1. The van der Waals surface area contributed by atoms with Gasteiger partial charge in [0.2, 0.25) is 5.91 Å². The van der Waals surface area contributed by atoms with Crippen molar-refractivity contribution in [2.75, 3.05) is 13.1 Å². The van der Waals surface area contributed by atoms with E-state index >= 15 is 0 Å². The van der Waals surface area contributed by atoms with E-state index in [4.69, 9.17) is 0 Å². The highest BCUT2D eigenvalue weighted by Crippen LogP contribution is 2.32. The predicted molar refractivity (Wildman–Crippen MR) is 37.5 cm³/mol. The predicted octanol–water partition coefficient (Wildman–Crippen LogP) is -0.516. The van der Waals surface area contributed by atoms with E-state index in [0.717, 1.165) is 13.1 Å². The van der Waals surface area contributed by atoms with Crippen molar-refractivity contribution in [3.8, 4) is 0 Å². The van der Waals surface area contributed by atoms with Crippen LogP contribution in [0, 0.1) is 5.92 Å². The van der Waals surface area contributed by atoms with Crippen LogP contribution in [0.1, 0.15) is 12.8 Å². The van der Waals surface area contributed by atoms with Crippen molar-refractivity contribution < 1.29 is 4.79 Å². The average molecular weight is 140 g/mol. The van der Waals surface area contributed by atoms with Crippen LogP contribution in [0.5, 0.6) is 0 Å². The summed E-state index contributed by atoms with van der Waals surface area (Å²) < 4.78 is 0. The Bertz CT molecular complexity index is 154. The third-order valence-corrected chi connectivity index (χ3v) is 2.16.